The highest BCUT2D eigenvalue weighted by atomic mass is 16.5. The monoisotopic (exact) mass is 456 g/mol. The molecule has 0 bridgehead atoms. The van der Waals surface area contributed by atoms with Gasteiger partial charge in [0, 0.05) is 33.4 Å². The highest BCUT2D eigenvalue weighted by Crippen LogP contribution is 2.43. The Morgan fingerprint density at radius 2 is 1.70 bits per heavy atom. The SMILES string of the molecule is CCNC(=O)c1noc(-c2cc(C(C)C)c(OC(C)=O)cc2OC(C)=O)c1-c1noc(C)n1. The number of hydrogen-bond acceptors (Lipinski definition) is 10. The van der Waals surface area contributed by atoms with E-state index in [-0.39, 0.29) is 46.1 Å². The van der Waals surface area contributed by atoms with E-state index in [2.05, 4.69) is 20.6 Å². The Morgan fingerprint density at radius 3 is 2.24 bits per heavy atom. The fourth-order valence-electron chi connectivity index (χ4n) is 3.17. The van der Waals surface area contributed by atoms with Crippen molar-refractivity contribution in [1.29, 1.82) is 0 Å². The second kappa shape index (κ2) is 9.63. The van der Waals surface area contributed by atoms with E-state index in [9.17, 15) is 14.4 Å². The van der Waals surface area contributed by atoms with E-state index < -0.39 is 17.8 Å². The second-order valence-corrected chi connectivity index (χ2v) is 7.46. The maximum absolute atomic E-state index is 12.6. The minimum atomic E-state index is -0.609. The Balaban J connectivity index is 2.32. The first-order valence-corrected chi connectivity index (χ1v) is 10.3. The van der Waals surface area contributed by atoms with Crippen molar-refractivity contribution in [2.24, 2.45) is 0 Å². The topological polar surface area (TPSA) is 147 Å². The number of aromatic nitrogens is 3. The van der Waals surface area contributed by atoms with Gasteiger partial charge in [-0.25, -0.2) is 0 Å². The summed E-state index contributed by atoms with van der Waals surface area (Å²) in [6.07, 6.45) is 0. The third-order valence-electron chi connectivity index (χ3n) is 4.48. The lowest BCUT2D eigenvalue weighted by atomic mass is 9.96. The number of nitrogens with zero attached hydrogens (tertiary/aromatic N) is 3. The highest BCUT2D eigenvalue weighted by Gasteiger charge is 2.30. The van der Waals surface area contributed by atoms with Gasteiger partial charge in [-0.05, 0) is 24.5 Å². The molecule has 0 fully saturated rings. The molecule has 174 valence electrons. The molecule has 2 heterocycles. The van der Waals surface area contributed by atoms with E-state index >= 15 is 0 Å². The summed E-state index contributed by atoms with van der Waals surface area (Å²) < 4.78 is 21.4. The summed E-state index contributed by atoms with van der Waals surface area (Å²) in [6.45, 7) is 10.0. The van der Waals surface area contributed by atoms with Crippen molar-refractivity contribution in [3.63, 3.8) is 0 Å². The van der Waals surface area contributed by atoms with Gasteiger partial charge in [-0.15, -0.1) is 0 Å². The van der Waals surface area contributed by atoms with Crippen LogP contribution in [-0.2, 0) is 9.59 Å². The van der Waals surface area contributed by atoms with Gasteiger partial charge in [-0.1, -0.05) is 24.2 Å². The molecule has 0 aliphatic heterocycles. The fraction of sp³-hybridized carbons (Fsp3) is 0.364. The third-order valence-corrected chi connectivity index (χ3v) is 4.48. The predicted octanol–water partition coefficient (Wildman–Crippen LogP) is 3.42. The van der Waals surface area contributed by atoms with Gasteiger partial charge in [0.25, 0.3) is 5.91 Å². The molecule has 11 nitrogen and oxygen atoms in total. The van der Waals surface area contributed by atoms with Crippen molar-refractivity contribution in [3.8, 4) is 34.2 Å². The molecule has 0 aliphatic rings. The number of hydrogen-bond donors (Lipinski definition) is 1. The number of ether oxygens (including phenoxy) is 2. The number of carbonyl (C=O) groups excluding carboxylic acids is 3. The highest BCUT2D eigenvalue weighted by molar-refractivity contribution is 6.01. The van der Waals surface area contributed by atoms with Gasteiger partial charge < -0.3 is 23.8 Å². The lowest BCUT2D eigenvalue weighted by molar-refractivity contribution is -0.132. The maximum atomic E-state index is 12.6. The van der Waals surface area contributed by atoms with Crippen LogP contribution in [-0.4, -0.2) is 39.7 Å². The zero-order chi connectivity index (χ0) is 24.3. The molecule has 2 aromatic heterocycles. The summed E-state index contributed by atoms with van der Waals surface area (Å²) in [5.41, 5.74) is 1.05. The van der Waals surface area contributed by atoms with Crippen molar-refractivity contribution in [3.05, 3.63) is 29.3 Å². The summed E-state index contributed by atoms with van der Waals surface area (Å²) in [5.74, 6) is -1.00. The van der Waals surface area contributed by atoms with Crippen LogP contribution in [0.5, 0.6) is 11.5 Å². The molecule has 0 spiro atoms. The summed E-state index contributed by atoms with van der Waals surface area (Å²) in [7, 11) is 0. The molecular weight excluding hydrogens is 432 g/mol. The number of amides is 1. The van der Waals surface area contributed by atoms with Gasteiger partial charge in [0.1, 0.15) is 17.1 Å². The average Bonchev–Trinajstić information content (AvgIpc) is 3.33. The lowest BCUT2D eigenvalue weighted by Crippen LogP contribution is -2.23. The molecule has 0 radical (unpaired) electrons. The zero-order valence-electron chi connectivity index (χ0n) is 19.1. The van der Waals surface area contributed by atoms with Gasteiger partial charge in [-0.3, -0.25) is 14.4 Å². The number of rotatable bonds is 7. The average molecular weight is 456 g/mol. The first-order chi connectivity index (χ1) is 15.6. The van der Waals surface area contributed by atoms with E-state index in [4.69, 9.17) is 18.5 Å². The largest absolute Gasteiger partial charge is 0.426 e. The molecule has 0 unspecified atom stereocenters. The molecular formula is C22H24N4O7. The normalized spacial score (nSPS) is 10.9. The molecule has 0 saturated heterocycles. The Bertz CT molecular complexity index is 1210. The van der Waals surface area contributed by atoms with Gasteiger partial charge >= 0.3 is 11.9 Å². The smallest absolute Gasteiger partial charge is 0.308 e. The van der Waals surface area contributed by atoms with Crippen molar-refractivity contribution in [2.75, 3.05) is 6.54 Å². The number of carbonyl (C=O) groups is 3. The molecule has 3 aromatic rings. The third kappa shape index (κ3) is 5.08. The minimum absolute atomic E-state index is 0.0446. The van der Waals surface area contributed by atoms with Gasteiger partial charge in [0.2, 0.25) is 11.7 Å². The predicted molar refractivity (Wildman–Crippen MR) is 115 cm³/mol. The van der Waals surface area contributed by atoms with Crippen molar-refractivity contribution in [1.82, 2.24) is 20.6 Å². The molecule has 0 saturated carbocycles. The van der Waals surface area contributed by atoms with E-state index in [0.717, 1.165) is 0 Å². The summed E-state index contributed by atoms with van der Waals surface area (Å²) in [5, 5.41) is 10.5. The lowest BCUT2D eigenvalue weighted by Gasteiger charge is -2.16. The first kappa shape index (κ1) is 23.6. The van der Waals surface area contributed by atoms with E-state index in [1.54, 1.807) is 19.9 Å². The van der Waals surface area contributed by atoms with Crippen LogP contribution in [0.2, 0.25) is 0 Å². The van der Waals surface area contributed by atoms with Crippen LogP contribution in [0.15, 0.2) is 21.2 Å². The molecule has 33 heavy (non-hydrogen) atoms. The Hall–Kier alpha value is -4.02. The summed E-state index contributed by atoms with van der Waals surface area (Å²) in [6, 6.07) is 3.08. The van der Waals surface area contributed by atoms with Gasteiger partial charge in [0.05, 0.1) is 5.56 Å². The van der Waals surface area contributed by atoms with Crippen LogP contribution in [0, 0.1) is 6.92 Å². The van der Waals surface area contributed by atoms with Crippen LogP contribution in [0.25, 0.3) is 22.7 Å². The van der Waals surface area contributed by atoms with E-state index in [1.807, 2.05) is 13.8 Å². The molecule has 0 aliphatic carbocycles. The molecule has 1 aromatic carbocycles. The van der Waals surface area contributed by atoms with Crippen LogP contribution in [0.1, 0.15) is 62.5 Å². The molecule has 0 atom stereocenters. The van der Waals surface area contributed by atoms with Crippen molar-refractivity contribution < 1.29 is 32.9 Å². The second-order valence-electron chi connectivity index (χ2n) is 7.46. The molecule has 11 heteroatoms. The summed E-state index contributed by atoms with van der Waals surface area (Å²) >= 11 is 0. The van der Waals surface area contributed by atoms with Gasteiger partial charge in [0.15, 0.2) is 11.5 Å². The van der Waals surface area contributed by atoms with Crippen LogP contribution < -0.4 is 14.8 Å². The number of aryl methyl sites for hydroxylation is 1. The van der Waals surface area contributed by atoms with Crippen LogP contribution >= 0.6 is 0 Å². The van der Waals surface area contributed by atoms with Gasteiger partial charge in [-0.2, -0.15) is 4.98 Å². The number of benzene rings is 1. The standard InChI is InChI=1S/C22H24N4O7/c1-7-23-22(29)19-18(21-24-11(4)32-26-21)20(33-25-19)15-8-14(10(2)3)16(30-12(5)27)9-17(15)31-13(6)28/h8-10H,7H2,1-6H3,(H,23,29). The maximum Gasteiger partial charge on any atom is 0.308 e. The fourth-order valence-corrected chi connectivity index (χ4v) is 3.17. The van der Waals surface area contributed by atoms with Crippen molar-refractivity contribution in [2.45, 2.75) is 47.5 Å². The molecule has 1 amide bonds. The quantitative estimate of drug-likeness (QED) is 0.414. The summed E-state index contributed by atoms with van der Waals surface area (Å²) in [4.78, 5) is 40.3. The van der Waals surface area contributed by atoms with Crippen molar-refractivity contribution >= 4 is 17.8 Å². The Morgan fingerprint density at radius 1 is 1.03 bits per heavy atom. The zero-order valence-corrected chi connectivity index (χ0v) is 19.1. The number of nitrogens with one attached hydrogen (secondary N) is 1. The first-order valence-electron chi connectivity index (χ1n) is 10.3. The minimum Gasteiger partial charge on any atom is -0.426 e. The van der Waals surface area contributed by atoms with Crippen LogP contribution in [0.4, 0.5) is 0 Å². The molecule has 3 rings (SSSR count). The Kier molecular flexibility index (Phi) is 6.90. The molecule has 1 N–H and O–H groups in total. The number of esters is 2. The Labute approximate surface area is 189 Å². The van der Waals surface area contributed by atoms with E-state index in [0.29, 0.717) is 17.7 Å². The van der Waals surface area contributed by atoms with E-state index in [1.165, 1.54) is 19.9 Å². The van der Waals surface area contributed by atoms with Crippen LogP contribution in [0.3, 0.4) is 0 Å².